The number of ether oxygens (including phenoxy) is 2. The van der Waals surface area contributed by atoms with E-state index in [4.69, 9.17) is 14.5 Å². The summed E-state index contributed by atoms with van der Waals surface area (Å²) in [7, 11) is 5.59. The number of methoxy groups -OCH3 is 1. The Balaban J connectivity index is 1.33. The van der Waals surface area contributed by atoms with Crippen molar-refractivity contribution in [3.8, 4) is 22.9 Å². The first kappa shape index (κ1) is 23.3. The molecule has 5 rings (SSSR count). The van der Waals surface area contributed by atoms with Gasteiger partial charge in [0.2, 0.25) is 0 Å². The van der Waals surface area contributed by atoms with Crippen molar-refractivity contribution in [2.24, 2.45) is 0 Å². The summed E-state index contributed by atoms with van der Waals surface area (Å²) in [4.78, 5) is 22.9. The van der Waals surface area contributed by atoms with E-state index in [-0.39, 0.29) is 6.03 Å². The molecule has 0 atom stereocenters. The third-order valence-corrected chi connectivity index (χ3v) is 6.03. The maximum Gasteiger partial charge on any atom is 0.323 e. The number of amides is 2. The molecule has 2 heterocycles. The van der Waals surface area contributed by atoms with E-state index in [1.165, 1.54) is 0 Å². The molecule has 8 heteroatoms. The second-order valence-electron chi connectivity index (χ2n) is 9.43. The van der Waals surface area contributed by atoms with Crippen LogP contribution in [0.1, 0.15) is 19.4 Å². The molecule has 1 aromatic heterocycles. The van der Waals surface area contributed by atoms with Gasteiger partial charge in [-0.3, -0.25) is 0 Å². The number of H-pyrrole nitrogens is 1. The van der Waals surface area contributed by atoms with Gasteiger partial charge in [-0.25, -0.2) is 9.78 Å². The molecule has 8 nitrogen and oxygen atoms in total. The number of carbonyl (C=O) groups is 1. The molecular weight excluding hydrogens is 454 g/mol. The lowest BCUT2D eigenvalue weighted by Gasteiger charge is -2.29. The normalized spacial score (nSPS) is 13.6. The van der Waals surface area contributed by atoms with Crippen molar-refractivity contribution < 1.29 is 14.3 Å². The summed E-state index contributed by atoms with van der Waals surface area (Å²) in [6.07, 6.45) is 3.92. The second-order valence-corrected chi connectivity index (χ2v) is 9.43. The standard InChI is InChI=1S/C28H29N5O3/c1-28(2)15-14-20-24(36-28)13-12-22(25(20)35-5)32-27(34)29-18-8-11-21-23(16-18)31-26(30-21)17-6-9-19(10-7-17)33(3)4/h6-16H,1-5H3,(H,30,31)(H2,29,32,34). The summed E-state index contributed by atoms with van der Waals surface area (Å²) in [6, 6.07) is 17.0. The van der Waals surface area contributed by atoms with Gasteiger partial charge in [0.25, 0.3) is 0 Å². The van der Waals surface area contributed by atoms with Crippen LogP contribution in [0, 0.1) is 0 Å². The van der Waals surface area contributed by atoms with E-state index in [0.717, 1.165) is 33.7 Å². The molecule has 4 aromatic rings. The van der Waals surface area contributed by atoms with Crippen LogP contribution in [0.3, 0.4) is 0 Å². The van der Waals surface area contributed by atoms with Gasteiger partial charge in [-0.2, -0.15) is 0 Å². The van der Waals surface area contributed by atoms with E-state index >= 15 is 0 Å². The summed E-state index contributed by atoms with van der Waals surface area (Å²) in [5, 5.41) is 5.76. The van der Waals surface area contributed by atoms with Gasteiger partial charge < -0.3 is 30.0 Å². The van der Waals surface area contributed by atoms with Crippen molar-refractivity contribution >= 4 is 40.2 Å². The molecule has 184 valence electrons. The molecule has 0 unspecified atom stereocenters. The molecule has 0 spiro atoms. The number of carbonyl (C=O) groups excluding carboxylic acids is 1. The molecule has 0 saturated carbocycles. The Hall–Kier alpha value is -4.46. The number of aromatic amines is 1. The zero-order valence-corrected chi connectivity index (χ0v) is 21.0. The summed E-state index contributed by atoms with van der Waals surface area (Å²) in [6.45, 7) is 3.97. The largest absolute Gasteiger partial charge is 0.494 e. The Labute approximate surface area is 209 Å². The number of benzene rings is 3. The van der Waals surface area contributed by atoms with Gasteiger partial charge in [-0.15, -0.1) is 0 Å². The van der Waals surface area contributed by atoms with Gasteiger partial charge in [0.15, 0.2) is 5.75 Å². The van der Waals surface area contributed by atoms with Crippen LogP contribution in [0.2, 0.25) is 0 Å². The van der Waals surface area contributed by atoms with E-state index in [1.54, 1.807) is 13.2 Å². The number of imidazole rings is 1. The van der Waals surface area contributed by atoms with Crippen LogP contribution in [-0.2, 0) is 0 Å². The van der Waals surface area contributed by atoms with Crippen LogP contribution in [0.15, 0.2) is 60.7 Å². The van der Waals surface area contributed by atoms with Gasteiger partial charge in [0, 0.05) is 31.0 Å². The maximum absolute atomic E-state index is 12.8. The molecule has 3 aromatic carbocycles. The highest BCUT2D eigenvalue weighted by molar-refractivity contribution is 6.02. The molecule has 0 bridgehead atoms. The van der Waals surface area contributed by atoms with Crippen molar-refractivity contribution in [1.82, 2.24) is 9.97 Å². The van der Waals surface area contributed by atoms with Crippen LogP contribution in [0.4, 0.5) is 21.9 Å². The Kier molecular flexibility index (Phi) is 5.80. The van der Waals surface area contributed by atoms with Crippen LogP contribution in [0.25, 0.3) is 28.5 Å². The van der Waals surface area contributed by atoms with Crippen LogP contribution < -0.4 is 25.0 Å². The highest BCUT2D eigenvalue weighted by Crippen LogP contribution is 2.41. The first-order chi connectivity index (χ1) is 17.2. The lowest BCUT2D eigenvalue weighted by Crippen LogP contribution is -2.27. The molecular formula is C28H29N5O3. The minimum absolute atomic E-state index is 0.385. The fourth-order valence-electron chi connectivity index (χ4n) is 4.17. The third kappa shape index (κ3) is 4.57. The maximum atomic E-state index is 12.8. The zero-order valence-electron chi connectivity index (χ0n) is 21.0. The average Bonchev–Trinajstić information content (AvgIpc) is 3.27. The number of hydrogen-bond donors (Lipinski definition) is 3. The molecule has 36 heavy (non-hydrogen) atoms. The molecule has 2 amide bonds. The van der Waals surface area contributed by atoms with E-state index in [2.05, 4.69) is 32.7 Å². The number of nitrogens with one attached hydrogen (secondary N) is 3. The number of fused-ring (bicyclic) bond motifs is 2. The van der Waals surface area contributed by atoms with Crippen molar-refractivity contribution in [3.05, 3.63) is 66.2 Å². The number of hydrogen-bond acceptors (Lipinski definition) is 5. The van der Waals surface area contributed by atoms with Crippen LogP contribution in [-0.4, -0.2) is 42.8 Å². The second kappa shape index (κ2) is 8.96. The summed E-state index contributed by atoms with van der Waals surface area (Å²) >= 11 is 0. The first-order valence-electron chi connectivity index (χ1n) is 11.7. The van der Waals surface area contributed by atoms with Crippen molar-refractivity contribution in [1.29, 1.82) is 0 Å². The Morgan fingerprint density at radius 1 is 1.06 bits per heavy atom. The monoisotopic (exact) mass is 483 g/mol. The zero-order chi connectivity index (χ0) is 25.4. The first-order valence-corrected chi connectivity index (χ1v) is 11.7. The van der Waals surface area contributed by atoms with E-state index in [1.807, 2.05) is 76.5 Å². The number of nitrogens with zero attached hydrogens (tertiary/aromatic N) is 2. The predicted molar refractivity (Wildman–Crippen MR) is 145 cm³/mol. The summed E-state index contributed by atoms with van der Waals surface area (Å²) in [5.41, 5.74) is 5.33. The Morgan fingerprint density at radius 3 is 2.56 bits per heavy atom. The van der Waals surface area contributed by atoms with Gasteiger partial charge in [-0.1, -0.05) is 0 Å². The average molecular weight is 484 g/mol. The molecule has 1 aliphatic heterocycles. The van der Waals surface area contributed by atoms with Gasteiger partial charge in [0.1, 0.15) is 17.2 Å². The van der Waals surface area contributed by atoms with Crippen molar-refractivity contribution in [2.75, 3.05) is 36.7 Å². The smallest absolute Gasteiger partial charge is 0.323 e. The fourth-order valence-corrected chi connectivity index (χ4v) is 4.17. The molecule has 0 saturated heterocycles. The fraction of sp³-hybridized carbons (Fsp3) is 0.214. The van der Waals surface area contributed by atoms with E-state index in [9.17, 15) is 4.79 Å². The van der Waals surface area contributed by atoms with Crippen molar-refractivity contribution in [2.45, 2.75) is 19.4 Å². The van der Waals surface area contributed by atoms with Gasteiger partial charge in [0.05, 0.1) is 29.4 Å². The van der Waals surface area contributed by atoms with Crippen LogP contribution >= 0.6 is 0 Å². The quantitative estimate of drug-likeness (QED) is 0.317. The molecule has 0 aliphatic carbocycles. The number of urea groups is 1. The lowest BCUT2D eigenvalue weighted by molar-refractivity contribution is 0.158. The SMILES string of the molecule is COc1c(NC(=O)Nc2ccc3[nH]c(-c4ccc(N(C)C)cc4)nc3c2)ccc2c1C=CC(C)(C)O2. The molecule has 1 aliphatic rings. The number of rotatable bonds is 5. The van der Waals surface area contributed by atoms with Crippen molar-refractivity contribution in [3.63, 3.8) is 0 Å². The van der Waals surface area contributed by atoms with E-state index in [0.29, 0.717) is 22.9 Å². The molecule has 3 N–H and O–H groups in total. The highest BCUT2D eigenvalue weighted by atomic mass is 16.5. The minimum atomic E-state index is -0.398. The van der Waals surface area contributed by atoms with Crippen LogP contribution in [0.5, 0.6) is 11.5 Å². The highest BCUT2D eigenvalue weighted by Gasteiger charge is 2.25. The number of anilines is 3. The predicted octanol–water partition coefficient (Wildman–Crippen LogP) is 6.13. The summed E-state index contributed by atoms with van der Waals surface area (Å²) in [5.74, 6) is 2.03. The number of aromatic nitrogens is 2. The molecule has 0 radical (unpaired) electrons. The third-order valence-electron chi connectivity index (χ3n) is 6.03. The molecule has 0 fully saturated rings. The lowest BCUT2D eigenvalue weighted by atomic mass is 10.0. The topological polar surface area (TPSA) is 91.5 Å². The minimum Gasteiger partial charge on any atom is -0.494 e. The Morgan fingerprint density at radius 2 is 1.83 bits per heavy atom. The van der Waals surface area contributed by atoms with E-state index < -0.39 is 5.60 Å². The Bertz CT molecular complexity index is 1470. The van der Waals surface area contributed by atoms with Gasteiger partial charge in [-0.05, 0) is 80.6 Å². The summed E-state index contributed by atoms with van der Waals surface area (Å²) < 4.78 is 11.6. The van der Waals surface area contributed by atoms with Gasteiger partial charge >= 0.3 is 6.03 Å².